The van der Waals surface area contributed by atoms with Gasteiger partial charge in [-0.1, -0.05) is 29.3 Å². The van der Waals surface area contributed by atoms with E-state index in [2.05, 4.69) is 5.32 Å². The first kappa shape index (κ1) is 14.1. The molecule has 0 atom stereocenters. The molecular weight excluding hydrogens is 278 g/mol. The number of amides is 1. The number of carbonyl (C=O) groups is 2. The Labute approximate surface area is 121 Å². The number of hydrogen-bond donors (Lipinski definition) is 2. The summed E-state index contributed by atoms with van der Waals surface area (Å²) >= 11 is 5.83. The molecule has 0 aliphatic rings. The van der Waals surface area contributed by atoms with Crippen LogP contribution in [0.3, 0.4) is 0 Å². The number of nitrogens with one attached hydrogen (secondary N) is 1. The van der Waals surface area contributed by atoms with E-state index >= 15 is 0 Å². The van der Waals surface area contributed by atoms with Crippen molar-refractivity contribution in [2.24, 2.45) is 0 Å². The highest BCUT2D eigenvalue weighted by atomic mass is 35.5. The van der Waals surface area contributed by atoms with Crippen LogP contribution in [0.5, 0.6) is 0 Å². The van der Waals surface area contributed by atoms with E-state index in [0.29, 0.717) is 10.6 Å². The van der Waals surface area contributed by atoms with E-state index in [0.717, 1.165) is 5.56 Å². The number of aromatic carboxylic acids is 1. The van der Waals surface area contributed by atoms with E-state index in [1.807, 2.05) is 13.0 Å². The van der Waals surface area contributed by atoms with Crippen LogP contribution in [-0.4, -0.2) is 17.0 Å². The zero-order valence-electron chi connectivity index (χ0n) is 10.7. The summed E-state index contributed by atoms with van der Waals surface area (Å²) in [6.45, 7) is 1.87. The van der Waals surface area contributed by atoms with E-state index in [9.17, 15) is 9.59 Å². The monoisotopic (exact) mass is 289 g/mol. The Morgan fingerprint density at radius 1 is 1.15 bits per heavy atom. The SMILES string of the molecule is Cc1cccc(C(=O)Nc2cc(Cl)ccc2C(=O)O)c1. The summed E-state index contributed by atoms with van der Waals surface area (Å²) in [5.41, 5.74) is 1.58. The number of anilines is 1. The fraction of sp³-hybridized carbons (Fsp3) is 0.0667. The highest BCUT2D eigenvalue weighted by Gasteiger charge is 2.14. The molecule has 0 fully saturated rings. The van der Waals surface area contributed by atoms with Gasteiger partial charge in [-0.15, -0.1) is 0 Å². The van der Waals surface area contributed by atoms with Gasteiger partial charge in [0.1, 0.15) is 0 Å². The predicted octanol–water partition coefficient (Wildman–Crippen LogP) is 3.60. The van der Waals surface area contributed by atoms with Crippen LogP contribution in [0.4, 0.5) is 5.69 Å². The van der Waals surface area contributed by atoms with Crippen LogP contribution in [0, 0.1) is 6.92 Å². The molecule has 20 heavy (non-hydrogen) atoms. The highest BCUT2D eigenvalue weighted by Crippen LogP contribution is 2.22. The van der Waals surface area contributed by atoms with Gasteiger partial charge in [0, 0.05) is 10.6 Å². The number of aryl methyl sites for hydroxylation is 1. The average Bonchev–Trinajstić information content (AvgIpc) is 2.38. The standard InChI is InChI=1S/C15H12ClNO3/c1-9-3-2-4-10(7-9)14(18)17-13-8-11(16)5-6-12(13)15(19)20/h2-8H,1H3,(H,17,18)(H,19,20). The Kier molecular flexibility index (Phi) is 4.05. The second-order valence-electron chi connectivity index (χ2n) is 4.32. The van der Waals surface area contributed by atoms with Gasteiger partial charge >= 0.3 is 5.97 Å². The third kappa shape index (κ3) is 3.16. The van der Waals surface area contributed by atoms with Crippen molar-refractivity contribution in [1.82, 2.24) is 0 Å². The van der Waals surface area contributed by atoms with Gasteiger partial charge in [0.05, 0.1) is 11.3 Å². The van der Waals surface area contributed by atoms with Crippen molar-refractivity contribution >= 4 is 29.2 Å². The smallest absolute Gasteiger partial charge is 0.337 e. The van der Waals surface area contributed by atoms with Crippen LogP contribution < -0.4 is 5.32 Å². The molecular formula is C15H12ClNO3. The summed E-state index contributed by atoms with van der Waals surface area (Å²) in [5, 5.41) is 12.0. The third-order valence-electron chi connectivity index (χ3n) is 2.74. The van der Waals surface area contributed by atoms with Crippen molar-refractivity contribution in [3.63, 3.8) is 0 Å². The van der Waals surface area contributed by atoms with Crippen molar-refractivity contribution in [3.8, 4) is 0 Å². The van der Waals surface area contributed by atoms with E-state index in [1.165, 1.54) is 18.2 Å². The van der Waals surface area contributed by atoms with Crippen LogP contribution in [0.25, 0.3) is 0 Å². The molecule has 2 rings (SSSR count). The molecule has 0 bridgehead atoms. The molecule has 0 aliphatic heterocycles. The Bertz CT molecular complexity index is 683. The van der Waals surface area contributed by atoms with Crippen molar-refractivity contribution in [1.29, 1.82) is 0 Å². The summed E-state index contributed by atoms with van der Waals surface area (Å²) in [6, 6.07) is 11.3. The van der Waals surface area contributed by atoms with Gasteiger partial charge in [0.15, 0.2) is 0 Å². The summed E-state index contributed by atoms with van der Waals surface area (Å²) in [6.07, 6.45) is 0. The Balaban J connectivity index is 2.32. The van der Waals surface area contributed by atoms with E-state index in [4.69, 9.17) is 16.7 Å². The highest BCUT2D eigenvalue weighted by molar-refractivity contribution is 6.31. The zero-order chi connectivity index (χ0) is 14.7. The lowest BCUT2D eigenvalue weighted by molar-refractivity contribution is 0.0698. The van der Waals surface area contributed by atoms with Crippen LogP contribution in [0.1, 0.15) is 26.3 Å². The number of carboxylic acids is 1. The van der Waals surface area contributed by atoms with Crippen LogP contribution in [-0.2, 0) is 0 Å². The van der Waals surface area contributed by atoms with Gasteiger partial charge in [0.2, 0.25) is 0 Å². The topological polar surface area (TPSA) is 66.4 Å². The molecule has 0 saturated carbocycles. The molecule has 4 nitrogen and oxygen atoms in total. The summed E-state index contributed by atoms with van der Waals surface area (Å²) in [7, 11) is 0. The van der Waals surface area contributed by atoms with Crippen LogP contribution >= 0.6 is 11.6 Å². The number of rotatable bonds is 3. The lowest BCUT2D eigenvalue weighted by atomic mass is 10.1. The van der Waals surface area contributed by atoms with Gasteiger partial charge in [-0.25, -0.2) is 4.79 Å². The molecule has 0 radical (unpaired) electrons. The summed E-state index contributed by atoms with van der Waals surface area (Å²) < 4.78 is 0. The first-order chi connectivity index (χ1) is 9.47. The minimum atomic E-state index is -1.12. The van der Waals surface area contributed by atoms with Crippen molar-refractivity contribution in [2.75, 3.05) is 5.32 Å². The number of halogens is 1. The molecule has 0 saturated heterocycles. The van der Waals surface area contributed by atoms with Gasteiger partial charge < -0.3 is 10.4 Å². The molecule has 0 spiro atoms. The van der Waals surface area contributed by atoms with Crippen molar-refractivity contribution < 1.29 is 14.7 Å². The maximum Gasteiger partial charge on any atom is 0.337 e. The number of carboxylic acid groups (broad SMARTS) is 1. The average molecular weight is 290 g/mol. The molecule has 2 N–H and O–H groups in total. The predicted molar refractivity (Wildman–Crippen MR) is 77.5 cm³/mol. The lowest BCUT2D eigenvalue weighted by Crippen LogP contribution is -2.14. The first-order valence-electron chi connectivity index (χ1n) is 5.88. The Morgan fingerprint density at radius 3 is 2.55 bits per heavy atom. The fourth-order valence-electron chi connectivity index (χ4n) is 1.79. The van der Waals surface area contributed by atoms with E-state index < -0.39 is 5.97 Å². The molecule has 102 valence electrons. The minimum absolute atomic E-state index is 0.00426. The van der Waals surface area contributed by atoms with Crippen LogP contribution in [0.15, 0.2) is 42.5 Å². The quantitative estimate of drug-likeness (QED) is 0.907. The molecule has 0 heterocycles. The van der Waals surface area contributed by atoms with Gasteiger partial charge in [-0.3, -0.25) is 4.79 Å². The minimum Gasteiger partial charge on any atom is -0.478 e. The summed E-state index contributed by atoms with van der Waals surface area (Å²) in [4.78, 5) is 23.2. The number of carbonyl (C=O) groups excluding carboxylic acids is 1. The second-order valence-corrected chi connectivity index (χ2v) is 4.76. The number of benzene rings is 2. The Morgan fingerprint density at radius 2 is 1.90 bits per heavy atom. The first-order valence-corrected chi connectivity index (χ1v) is 6.26. The van der Waals surface area contributed by atoms with E-state index in [1.54, 1.807) is 18.2 Å². The molecule has 0 aromatic heterocycles. The maximum atomic E-state index is 12.1. The lowest BCUT2D eigenvalue weighted by Gasteiger charge is -2.09. The van der Waals surface area contributed by atoms with Gasteiger partial charge in [-0.2, -0.15) is 0 Å². The maximum absolute atomic E-state index is 12.1. The molecule has 1 amide bonds. The third-order valence-corrected chi connectivity index (χ3v) is 2.98. The summed E-state index contributed by atoms with van der Waals surface area (Å²) in [5.74, 6) is -1.50. The van der Waals surface area contributed by atoms with Gasteiger partial charge in [-0.05, 0) is 37.3 Å². The zero-order valence-corrected chi connectivity index (χ0v) is 11.4. The molecule has 5 heteroatoms. The molecule has 2 aromatic rings. The Hall–Kier alpha value is -2.33. The van der Waals surface area contributed by atoms with Crippen molar-refractivity contribution in [3.05, 3.63) is 64.2 Å². The molecule has 2 aromatic carbocycles. The largest absolute Gasteiger partial charge is 0.478 e. The van der Waals surface area contributed by atoms with E-state index in [-0.39, 0.29) is 17.2 Å². The fourth-order valence-corrected chi connectivity index (χ4v) is 1.96. The van der Waals surface area contributed by atoms with Crippen LogP contribution in [0.2, 0.25) is 5.02 Å². The van der Waals surface area contributed by atoms with Crippen molar-refractivity contribution in [2.45, 2.75) is 6.92 Å². The molecule has 0 unspecified atom stereocenters. The van der Waals surface area contributed by atoms with Gasteiger partial charge in [0.25, 0.3) is 5.91 Å². The molecule has 0 aliphatic carbocycles. The normalized spacial score (nSPS) is 10.1. The number of hydrogen-bond acceptors (Lipinski definition) is 2. The second kappa shape index (κ2) is 5.75.